The van der Waals surface area contributed by atoms with Gasteiger partial charge < -0.3 is 14.4 Å². The average Bonchev–Trinajstić information content (AvgIpc) is 2.82. The van der Waals surface area contributed by atoms with Crippen molar-refractivity contribution in [3.63, 3.8) is 0 Å². The molecule has 0 amide bonds. The smallest absolute Gasteiger partial charge is 0.181 e. The van der Waals surface area contributed by atoms with Gasteiger partial charge in [0.05, 0.1) is 25.2 Å². The Labute approximate surface area is 185 Å². The highest BCUT2D eigenvalue weighted by atomic mass is 16.5. The molecule has 0 saturated carbocycles. The molecule has 0 spiro atoms. The average molecular weight is 418 g/mol. The van der Waals surface area contributed by atoms with E-state index < -0.39 is 5.41 Å². The number of nitrogens with zero attached hydrogens (tertiary/aromatic N) is 1. The molecule has 31 heavy (non-hydrogen) atoms. The first kappa shape index (κ1) is 22.6. The molecule has 1 atom stereocenters. The summed E-state index contributed by atoms with van der Waals surface area (Å²) in [5, 5.41) is 0. The Kier molecular flexibility index (Phi) is 7.13. The van der Waals surface area contributed by atoms with Crippen molar-refractivity contribution in [1.29, 1.82) is 0 Å². The van der Waals surface area contributed by atoms with Gasteiger partial charge in [0, 0.05) is 12.1 Å². The molecule has 0 N–H and O–H groups in total. The second-order valence-electron chi connectivity index (χ2n) is 8.05. The van der Waals surface area contributed by atoms with E-state index in [9.17, 15) is 4.79 Å². The van der Waals surface area contributed by atoms with Gasteiger partial charge in [-0.05, 0) is 50.7 Å². The minimum atomic E-state index is -0.867. The van der Waals surface area contributed by atoms with Crippen LogP contribution in [0.2, 0.25) is 0 Å². The highest BCUT2D eigenvalue weighted by Crippen LogP contribution is 2.42. The number of carbonyl (C=O) groups is 1. The Bertz CT molecular complexity index is 960. The molecule has 162 valence electrons. The lowest BCUT2D eigenvalue weighted by Gasteiger charge is -2.38. The fourth-order valence-corrected chi connectivity index (χ4v) is 4.04. The Morgan fingerprint density at radius 2 is 1.42 bits per heavy atom. The van der Waals surface area contributed by atoms with Crippen molar-refractivity contribution < 1.29 is 14.3 Å². The van der Waals surface area contributed by atoms with Gasteiger partial charge in [-0.3, -0.25) is 4.79 Å². The van der Waals surface area contributed by atoms with E-state index in [1.807, 2.05) is 80.8 Å². The fourth-order valence-electron chi connectivity index (χ4n) is 4.04. The summed E-state index contributed by atoms with van der Waals surface area (Å²) in [6.45, 7) is 2.15. The Hall–Kier alpha value is -3.11. The zero-order valence-corrected chi connectivity index (χ0v) is 19.0. The van der Waals surface area contributed by atoms with Crippen LogP contribution in [0.5, 0.6) is 11.5 Å². The first-order chi connectivity index (χ1) is 14.9. The fraction of sp³-hybridized carbons (Fsp3) is 0.296. The van der Waals surface area contributed by atoms with Gasteiger partial charge in [-0.1, -0.05) is 60.7 Å². The van der Waals surface area contributed by atoms with E-state index in [0.717, 1.165) is 11.1 Å². The third kappa shape index (κ3) is 4.49. The van der Waals surface area contributed by atoms with Gasteiger partial charge in [0.25, 0.3) is 0 Å². The molecule has 0 aliphatic heterocycles. The van der Waals surface area contributed by atoms with Crippen LogP contribution in [0.25, 0.3) is 0 Å². The van der Waals surface area contributed by atoms with Crippen molar-refractivity contribution >= 4 is 5.78 Å². The number of hydrogen-bond acceptors (Lipinski definition) is 4. The summed E-state index contributed by atoms with van der Waals surface area (Å²) in [7, 11) is 7.28. The van der Waals surface area contributed by atoms with E-state index in [2.05, 4.69) is 11.8 Å². The maximum atomic E-state index is 14.5. The maximum absolute atomic E-state index is 14.5. The van der Waals surface area contributed by atoms with Crippen LogP contribution in [0.15, 0.2) is 78.9 Å². The van der Waals surface area contributed by atoms with Gasteiger partial charge in [-0.2, -0.15) is 0 Å². The van der Waals surface area contributed by atoms with Gasteiger partial charge >= 0.3 is 0 Å². The van der Waals surface area contributed by atoms with Gasteiger partial charge in [-0.25, -0.2) is 0 Å². The lowest BCUT2D eigenvalue weighted by atomic mass is 9.66. The standard InChI is InChI=1S/C27H31NO3/c1-20(28(2)3)19-27(21-12-8-6-9-13-21,22-14-10-7-11-15-22)26(29)24-17-16-23(30-4)18-25(24)31-5/h6-18,20H,19H2,1-5H3/t20-/m0/s1. The van der Waals surface area contributed by atoms with Crippen LogP contribution in [0.1, 0.15) is 34.8 Å². The topological polar surface area (TPSA) is 38.8 Å². The number of ketones is 1. The van der Waals surface area contributed by atoms with Crippen molar-refractivity contribution in [3.05, 3.63) is 95.6 Å². The zero-order chi connectivity index (χ0) is 22.4. The lowest BCUT2D eigenvalue weighted by molar-refractivity contribution is 0.0879. The molecule has 0 heterocycles. The second-order valence-corrected chi connectivity index (χ2v) is 8.05. The predicted octanol–water partition coefficient (Wildman–Crippen LogP) is 5.21. The van der Waals surface area contributed by atoms with E-state index in [-0.39, 0.29) is 11.8 Å². The number of ether oxygens (including phenoxy) is 2. The number of benzene rings is 3. The third-order valence-electron chi connectivity index (χ3n) is 6.06. The molecule has 3 aromatic carbocycles. The molecule has 3 rings (SSSR count). The van der Waals surface area contributed by atoms with Crippen LogP contribution < -0.4 is 9.47 Å². The van der Waals surface area contributed by atoms with Crippen molar-refractivity contribution in [1.82, 2.24) is 4.90 Å². The Morgan fingerprint density at radius 1 is 0.871 bits per heavy atom. The Balaban J connectivity index is 2.30. The summed E-state index contributed by atoms with van der Waals surface area (Å²) in [6.07, 6.45) is 0.627. The maximum Gasteiger partial charge on any atom is 0.181 e. The second kappa shape index (κ2) is 9.80. The van der Waals surface area contributed by atoms with Crippen LogP contribution in [0.3, 0.4) is 0 Å². The summed E-state index contributed by atoms with van der Waals surface area (Å²) in [5.41, 5.74) is 1.62. The van der Waals surface area contributed by atoms with E-state index in [0.29, 0.717) is 23.5 Å². The van der Waals surface area contributed by atoms with Crippen LogP contribution in [0.4, 0.5) is 0 Å². The molecule has 0 saturated heterocycles. The van der Waals surface area contributed by atoms with Gasteiger partial charge in [-0.15, -0.1) is 0 Å². The van der Waals surface area contributed by atoms with Crippen LogP contribution in [0, 0.1) is 0 Å². The number of carbonyl (C=O) groups excluding carboxylic acids is 1. The van der Waals surface area contributed by atoms with Gasteiger partial charge in [0.15, 0.2) is 5.78 Å². The lowest BCUT2D eigenvalue weighted by Crippen LogP contribution is -2.43. The highest BCUT2D eigenvalue weighted by Gasteiger charge is 2.44. The normalized spacial score (nSPS) is 12.5. The molecule has 0 fully saturated rings. The van der Waals surface area contributed by atoms with Crippen molar-refractivity contribution in [2.75, 3.05) is 28.3 Å². The molecule has 0 aliphatic rings. The molecule has 0 aliphatic carbocycles. The first-order valence-corrected chi connectivity index (χ1v) is 10.5. The Morgan fingerprint density at radius 3 is 1.87 bits per heavy atom. The van der Waals surface area contributed by atoms with E-state index in [1.54, 1.807) is 26.4 Å². The quantitative estimate of drug-likeness (QED) is 0.448. The van der Waals surface area contributed by atoms with Crippen molar-refractivity contribution in [2.45, 2.75) is 24.8 Å². The summed E-state index contributed by atoms with van der Waals surface area (Å²) >= 11 is 0. The van der Waals surface area contributed by atoms with Crippen LogP contribution in [-0.4, -0.2) is 45.0 Å². The number of hydrogen-bond donors (Lipinski definition) is 0. The monoisotopic (exact) mass is 417 g/mol. The summed E-state index contributed by atoms with van der Waals surface area (Å²) in [5.74, 6) is 1.18. The predicted molar refractivity (Wildman–Crippen MR) is 125 cm³/mol. The SMILES string of the molecule is COc1ccc(C(=O)C(C[C@H](C)N(C)C)(c2ccccc2)c2ccccc2)c(OC)c1. The van der Waals surface area contributed by atoms with Crippen molar-refractivity contribution in [2.24, 2.45) is 0 Å². The van der Waals surface area contributed by atoms with Gasteiger partial charge in [0.2, 0.25) is 0 Å². The third-order valence-corrected chi connectivity index (χ3v) is 6.06. The molecule has 0 radical (unpaired) electrons. The summed E-state index contributed by atoms with van der Waals surface area (Å²) < 4.78 is 11.0. The number of Topliss-reactive ketones (excluding diaryl/α,β-unsaturated/α-hetero) is 1. The summed E-state index contributed by atoms with van der Waals surface area (Å²) in [4.78, 5) is 16.6. The van der Waals surface area contributed by atoms with Crippen molar-refractivity contribution in [3.8, 4) is 11.5 Å². The van der Waals surface area contributed by atoms with Crippen LogP contribution >= 0.6 is 0 Å². The number of rotatable bonds is 9. The van der Waals surface area contributed by atoms with Crippen LogP contribution in [-0.2, 0) is 5.41 Å². The van der Waals surface area contributed by atoms with E-state index >= 15 is 0 Å². The van der Waals surface area contributed by atoms with E-state index in [4.69, 9.17) is 9.47 Å². The molecule has 4 heteroatoms. The van der Waals surface area contributed by atoms with E-state index in [1.165, 1.54) is 0 Å². The minimum Gasteiger partial charge on any atom is -0.497 e. The summed E-state index contributed by atoms with van der Waals surface area (Å²) in [6, 6.07) is 25.7. The van der Waals surface area contributed by atoms with Gasteiger partial charge in [0.1, 0.15) is 11.5 Å². The highest BCUT2D eigenvalue weighted by molar-refractivity contribution is 6.08. The largest absolute Gasteiger partial charge is 0.497 e. The first-order valence-electron chi connectivity index (χ1n) is 10.5. The molecular weight excluding hydrogens is 386 g/mol. The molecule has 0 unspecified atom stereocenters. The molecule has 0 aromatic heterocycles. The molecule has 4 nitrogen and oxygen atoms in total. The molecular formula is C27H31NO3. The zero-order valence-electron chi connectivity index (χ0n) is 19.0. The number of methoxy groups -OCH3 is 2. The molecule has 0 bridgehead atoms. The molecule has 3 aromatic rings. The minimum absolute atomic E-state index is 0.0121.